The van der Waals surface area contributed by atoms with E-state index in [0.29, 0.717) is 16.9 Å². The summed E-state index contributed by atoms with van der Waals surface area (Å²) in [4.78, 5) is 32.8. The van der Waals surface area contributed by atoms with Crippen LogP contribution in [-0.2, 0) is 4.79 Å². The monoisotopic (exact) mass is 336 g/mol. The number of pyridine rings is 1. The Balaban J connectivity index is 1.85. The highest BCUT2D eigenvalue weighted by Crippen LogP contribution is 2.14. The average molecular weight is 336 g/mol. The van der Waals surface area contributed by atoms with Crippen LogP contribution in [0.15, 0.2) is 61.3 Å². The van der Waals surface area contributed by atoms with Crippen LogP contribution in [-0.4, -0.2) is 38.6 Å². The SMILES string of the molecule is CNC(=O)[C@@H](NC(=O)c1ccnc(-n2cncn2)c1)c1ccccc1. The van der Waals surface area contributed by atoms with E-state index < -0.39 is 6.04 Å². The predicted molar refractivity (Wildman–Crippen MR) is 89.9 cm³/mol. The van der Waals surface area contributed by atoms with Crippen molar-refractivity contribution in [2.45, 2.75) is 6.04 Å². The van der Waals surface area contributed by atoms with Crippen molar-refractivity contribution in [2.24, 2.45) is 0 Å². The lowest BCUT2D eigenvalue weighted by Crippen LogP contribution is -2.39. The summed E-state index contributed by atoms with van der Waals surface area (Å²) < 4.78 is 1.45. The normalized spacial score (nSPS) is 11.6. The Labute approximate surface area is 143 Å². The van der Waals surface area contributed by atoms with Gasteiger partial charge in [-0.3, -0.25) is 9.59 Å². The second kappa shape index (κ2) is 7.35. The van der Waals surface area contributed by atoms with E-state index >= 15 is 0 Å². The van der Waals surface area contributed by atoms with Crippen molar-refractivity contribution >= 4 is 11.8 Å². The van der Waals surface area contributed by atoms with Crippen LogP contribution in [0.1, 0.15) is 22.0 Å². The van der Waals surface area contributed by atoms with Crippen molar-refractivity contribution < 1.29 is 9.59 Å². The van der Waals surface area contributed by atoms with Crippen LogP contribution in [0.3, 0.4) is 0 Å². The molecule has 3 aromatic rings. The van der Waals surface area contributed by atoms with Crippen molar-refractivity contribution in [3.63, 3.8) is 0 Å². The van der Waals surface area contributed by atoms with Gasteiger partial charge in [0.2, 0.25) is 5.91 Å². The van der Waals surface area contributed by atoms with E-state index in [1.807, 2.05) is 18.2 Å². The number of likely N-dealkylation sites (N-methyl/N-ethyl adjacent to an activating group) is 1. The summed E-state index contributed by atoms with van der Waals surface area (Å²) in [5, 5.41) is 9.30. The van der Waals surface area contributed by atoms with Crippen molar-refractivity contribution in [3.8, 4) is 5.82 Å². The standard InChI is InChI=1S/C17H16N6O2/c1-18-17(25)15(12-5-3-2-4-6-12)22-16(24)13-7-8-20-14(9-13)23-11-19-10-21-23/h2-11,15H,1H3,(H,18,25)(H,22,24)/t15-/m0/s1. The molecule has 3 rings (SSSR count). The van der Waals surface area contributed by atoms with Gasteiger partial charge in [0.15, 0.2) is 5.82 Å². The average Bonchev–Trinajstić information content (AvgIpc) is 3.21. The summed E-state index contributed by atoms with van der Waals surface area (Å²) in [6, 6.07) is 11.4. The zero-order valence-electron chi connectivity index (χ0n) is 13.5. The second-order valence-electron chi connectivity index (χ2n) is 5.17. The number of nitrogens with one attached hydrogen (secondary N) is 2. The van der Waals surface area contributed by atoms with E-state index in [1.54, 1.807) is 24.3 Å². The van der Waals surface area contributed by atoms with Gasteiger partial charge < -0.3 is 10.6 Å². The smallest absolute Gasteiger partial charge is 0.252 e. The molecule has 1 atom stereocenters. The molecule has 126 valence electrons. The Morgan fingerprint density at radius 3 is 2.64 bits per heavy atom. The fraction of sp³-hybridized carbons (Fsp3) is 0.118. The first-order valence-corrected chi connectivity index (χ1v) is 7.57. The van der Waals surface area contributed by atoms with Gasteiger partial charge in [-0.1, -0.05) is 30.3 Å². The minimum Gasteiger partial charge on any atom is -0.357 e. The first-order chi connectivity index (χ1) is 12.2. The molecule has 8 heteroatoms. The molecule has 0 aliphatic heterocycles. The molecule has 2 amide bonds. The first kappa shape index (κ1) is 16.3. The molecule has 0 spiro atoms. The Bertz CT molecular complexity index is 864. The number of rotatable bonds is 5. The largest absolute Gasteiger partial charge is 0.357 e. The van der Waals surface area contributed by atoms with Crippen LogP contribution in [0, 0.1) is 0 Å². The van der Waals surface area contributed by atoms with E-state index in [0.717, 1.165) is 0 Å². The van der Waals surface area contributed by atoms with Gasteiger partial charge in [0.05, 0.1) is 0 Å². The van der Waals surface area contributed by atoms with E-state index in [-0.39, 0.29) is 11.8 Å². The van der Waals surface area contributed by atoms with Gasteiger partial charge in [-0.15, -0.1) is 0 Å². The molecular formula is C17H16N6O2. The van der Waals surface area contributed by atoms with Crippen LogP contribution in [0.25, 0.3) is 5.82 Å². The highest BCUT2D eigenvalue weighted by molar-refractivity contribution is 5.98. The summed E-state index contributed by atoms with van der Waals surface area (Å²) in [5.41, 5.74) is 1.06. The summed E-state index contributed by atoms with van der Waals surface area (Å²) >= 11 is 0. The molecule has 0 fully saturated rings. The molecule has 1 aromatic carbocycles. The van der Waals surface area contributed by atoms with E-state index in [2.05, 4.69) is 25.7 Å². The first-order valence-electron chi connectivity index (χ1n) is 7.57. The van der Waals surface area contributed by atoms with Gasteiger partial charge in [-0.2, -0.15) is 5.10 Å². The second-order valence-corrected chi connectivity index (χ2v) is 5.17. The van der Waals surface area contributed by atoms with Crippen LogP contribution in [0.4, 0.5) is 0 Å². The number of aromatic nitrogens is 4. The third-order valence-corrected chi connectivity index (χ3v) is 3.58. The van der Waals surface area contributed by atoms with E-state index in [1.165, 1.54) is 30.6 Å². The molecule has 2 N–H and O–H groups in total. The number of nitrogens with zero attached hydrogens (tertiary/aromatic N) is 4. The lowest BCUT2D eigenvalue weighted by molar-refractivity contribution is -0.122. The third kappa shape index (κ3) is 3.69. The molecule has 2 aromatic heterocycles. The molecule has 2 heterocycles. The zero-order valence-corrected chi connectivity index (χ0v) is 13.5. The molecule has 8 nitrogen and oxygen atoms in total. The fourth-order valence-corrected chi connectivity index (χ4v) is 2.32. The van der Waals surface area contributed by atoms with Crippen LogP contribution in [0.5, 0.6) is 0 Å². The van der Waals surface area contributed by atoms with Crippen molar-refractivity contribution in [2.75, 3.05) is 7.05 Å². The molecule has 0 radical (unpaired) electrons. The number of hydrogen-bond acceptors (Lipinski definition) is 5. The number of carbonyl (C=O) groups excluding carboxylic acids is 2. The fourth-order valence-electron chi connectivity index (χ4n) is 2.32. The van der Waals surface area contributed by atoms with Gasteiger partial charge in [-0.05, 0) is 17.7 Å². The maximum Gasteiger partial charge on any atom is 0.252 e. The molecule has 0 saturated carbocycles. The molecule has 25 heavy (non-hydrogen) atoms. The molecule has 0 bridgehead atoms. The third-order valence-electron chi connectivity index (χ3n) is 3.58. The van der Waals surface area contributed by atoms with E-state index in [9.17, 15) is 9.59 Å². The Hall–Kier alpha value is -3.55. The number of hydrogen-bond donors (Lipinski definition) is 2. The van der Waals surface area contributed by atoms with Crippen LogP contribution >= 0.6 is 0 Å². The highest BCUT2D eigenvalue weighted by Gasteiger charge is 2.22. The molecule has 0 aliphatic carbocycles. The lowest BCUT2D eigenvalue weighted by Gasteiger charge is -2.18. The molecule has 0 aliphatic rings. The van der Waals surface area contributed by atoms with Crippen molar-refractivity contribution in [3.05, 3.63) is 72.4 Å². The molecule has 0 saturated heterocycles. The summed E-state index contributed by atoms with van der Waals surface area (Å²) in [5.74, 6) is -0.229. The number of carbonyl (C=O) groups is 2. The van der Waals surface area contributed by atoms with Gasteiger partial charge in [0.25, 0.3) is 5.91 Å². The van der Waals surface area contributed by atoms with Gasteiger partial charge in [0, 0.05) is 18.8 Å². The summed E-state index contributed by atoms with van der Waals surface area (Å²) in [6.07, 6.45) is 4.37. The van der Waals surface area contributed by atoms with Gasteiger partial charge in [0.1, 0.15) is 18.7 Å². The van der Waals surface area contributed by atoms with E-state index in [4.69, 9.17) is 0 Å². The lowest BCUT2D eigenvalue weighted by atomic mass is 10.1. The minimum absolute atomic E-state index is 0.301. The van der Waals surface area contributed by atoms with Gasteiger partial charge >= 0.3 is 0 Å². The topological polar surface area (TPSA) is 102 Å². The zero-order chi connectivity index (χ0) is 17.6. The maximum atomic E-state index is 12.6. The summed E-state index contributed by atoms with van der Waals surface area (Å²) in [6.45, 7) is 0. The molecule has 0 unspecified atom stereocenters. The molecular weight excluding hydrogens is 320 g/mol. The maximum absolute atomic E-state index is 12.6. The number of amides is 2. The van der Waals surface area contributed by atoms with Gasteiger partial charge in [-0.25, -0.2) is 14.6 Å². The van der Waals surface area contributed by atoms with Crippen LogP contribution in [0.2, 0.25) is 0 Å². The Morgan fingerprint density at radius 1 is 1.16 bits per heavy atom. The van der Waals surface area contributed by atoms with Crippen LogP contribution < -0.4 is 10.6 Å². The predicted octanol–water partition coefficient (Wildman–Crippen LogP) is 0.879. The quantitative estimate of drug-likeness (QED) is 0.720. The van der Waals surface area contributed by atoms with Crippen molar-refractivity contribution in [1.82, 2.24) is 30.4 Å². The Kier molecular flexibility index (Phi) is 4.79. The summed E-state index contributed by atoms with van der Waals surface area (Å²) in [7, 11) is 1.53. The van der Waals surface area contributed by atoms with Crippen molar-refractivity contribution in [1.29, 1.82) is 0 Å². The number of benzene rings is 1. The minimum atomic E-state index is -0.790. The Morgan fingerprint density at radius 2 is 1.96 bits per heavy atom. The highest BCUT2D eigenvalue weighted by atomic mass is 16.2.